The van der Waals surface area contributed by atoms with Crippen molar-refractivity contribution in [3.05, 3.63) is 38.6 Å². The van der Waals surface area contributed by atoms with Gasteiger partial charge in [0.15, 0.2) is 0 Å². The lowest BCUT2D eigenvalue weighted by Gasteiger charge is -2.05. The molecule has 0 spiro atoms. The van der Waals surface area contributed by atoms with Crippen LogP contribution in [0.3, 0.4) is 0 Å². The average molecular weight is 434 g/mol. The number of nitrogens with zero attached hydrogens (tertiary/aromatic N) is 3. The minimum Gasteiger partial charge on any atom is -0.463 e. The standard InChI is InChI=1S/C14H13ClIN3O3/c1-8-11(16)12(9-4-6-10(15)7-5-9)17-19(8)13(18-22-3)14(20)21-2/h4-7H,1-3H3/b18-13+. The molecule has 0 unspecified atom stereocenters. The molecule has 0 saturated carbocycles. The van der Waals surface area contributed by atoms with Gasteiger partial charge in [-0.15, -0.1) is 0 Å². The Morgan fingerprint density at radius 2 is 1.95 bits per heavy atom. The van der Waals surface area contributed by atoms with Crippen LogP contribution in [0.15, 0.2) is 29.4 Å². The molecule has 1 heterocycles. The van der Waals surface area contributed by atoms with Gasteiger partial charge in [0.25, 0.3) is 5.84 Å². The van der Waals surface area contributed by atoms with Crippen LogP contribution in [-0.4, -0.2) is 35.8 Å². The van der Waals surface area contributed by atoms with E-state index < -0.39 is 5.97 Å². The van der Waals surface area contributed by atoms with E-state index in [2.05, 4.69) is 32.8 Å². The fourth-order valence-corrected chi connectivity index (χ4v) is 2.60. The first kappa shape index (κ1) is 16.8. The number of aromatic nitrogens is 2. The summed E-state index contributed by atoms with van der Waals surface area (Å²) in [5.74, 6) is -0.674. The molecule has 0 N–H and O–H groups in total. The smallest absolute Gasteiger partial charge is 0.379 e. The molecule has 2 rings (SSSR count). The monoisotopic (exact) mass is 433 g/mol. The highest BCUT2D eigenvalue weighted by molar-refractivity contribution is 14.1. The van der Waals surface area contributed by atoms with E-state index in [9.17, 15) is 4.79 Å². The summed E-state index contributed by atoms with van der Waals surface area (Å²) in [5, 5.41) is 8.80. The van der Waals surface area contributed by atoms with Crippen molar-refractivity contribution < 1.29 is 14.4 Å². The molecule has 8 heteroatoms. The zero-order valence-corrected chi connectivity index (χ0v) is 15.0. The number of hydrogen-bond donors (Lipinski definition) is 0. The van der Waals surface area contributed by atoms with Crippen LogP contribution in [-0.2, 0) is 14.4 Å². The molecule has 1 aromatic carbocycles. The highest BCUT2D eigenvalue weighted by Gasteiger charge is 2.23. The van der Waals surface area contributed by atoms with Crippen molar-refractivity contribution >= 4 is 46.0 Å². The maximum atomic E-state index is 11.8. The number of benzene rings is 1. The van der Waals surface area contributed by atoms with E-state index in [4.69, 9.17) is 21.2 Å². The van der Waals surface area contributed by atoms with Gasteiger partial charge in [0.1, 0.15) is 12.8 Å². The first-order valence-electron chi connectivity index (χ1n) is 6.20. The van der Waals surface area contributed by atoms with Crippen LogP contribution >= 0.6 is 34.2 Å². The molecule has 2 aromatic rings. The van der Waals surface area contributed by atoms with Gasteiger partial charge in [-0.1, -0.05) is 28.9 Å². The normalized spacial score (nSPS) is 11.4. The SMILES string of the molecule is CO/N=C(\C(=O)OC)n1nc(-c2ccc(Cl)cc2)c(I)c1C. The van der Waals surface area contributed by atoms with Gasteiger partial charge in [0.2, 0.25) is 0 Å². The molecule has 0 fully saturated rings. The Hall–Kier alpha value is -1.61. The number of rotatable bonds is 2. The average Bonchev–Trinajstić information content (AvgIpc) is 2.81. The number of methoxy groups -OCH3 is 1. The van der Waals surface area contributed by atoms with Crippen molar-refractivity contribution in [2.45, 2.75) is 6.92 Å². The summed E-state index contributed by atoms with van der Waals surface area (Å²) in [4.78, 5) is 16.6. The van der Waals surface area contributed by atoms with Crippen LogP contribution in [0.25, 0.3) is 11.3 Å². The molecule has 116 valence electrons. The van der Waals surface area contributed by atoms with Crippen molar-refractivity contribution in [1.82, 2.24) is 9.78 Å². The topological polar surface area (TPSA) is 65.7 Å². The van der Waals surface area contributed by atoms with Gasteiger partial charge < -0.3 is 9.57 Å². The van der Waals surface area contributed by atoms with E-state index in [1.807, 2.05) is 19.1 Å². The van der Waals surface area contributed by atoms with Gasteiger partial charge in [-0.05, 0) is 41.6 Å². The fourth-order valence-electron chi connectivity index (χ4n) is 1.82. The third kappa shape index (κ3) is 3.25. The van der Waals surface area contributed by atoms with Crippen molar-refractivity contribution in [2.24, 2.45) is 5.16 Å². The van der Waals surface area contributed by atoms with Gasteiger partial charge in [-0.3, -0.25) is 0 Å². The van der Waals surface area contributed by atoms with Crippen molar-refractivity contribution in [2.75, 3.05) is 14.2 Å². The molecular formula is C14H13ClIN3O3. The maximum absolute atomic E-state index is 11.8. The second kappa shape index (κ2) is 7.10. The lowest BCUT2D eigenvalue weighted by molar-refractivity contribution is -0.133. The first-order chi connectivity index (χ1) is 10.5. The molecule has 0 aliphatic heterocycles. The number of hydrogen-bond acceptors (Lipinski definition) is 5. The van der Waals surface area contributed by atoms with E-state index in [0.717, 1.165) is 20.5 Å². The lowest BCUT2D eigenvalue weighted by atomic mass is 10.1. The summed E-state index contributed by atoms with van der Waals surface area (Å²) in [5.41, 5.74) is 2.37. The van der Waals surface area contributed by atoms with Crippen LogP contribution in [0.5, 0.6) is 0 Å². The summed E-state index contributed by atoms with van der Waals surface area (Å²) in [7, 11) is 2.63. The zero-order valence-electron chi connectivity index (χ0n) is 12.1. The fraction of sp³-hybridized carbons (Fsp3) is 0.214. The minimum atomic E-state index is -0.633. The lowest BCUT2D eigenvalue weighted by Crippen LogP contribution is -2.26. The van der Waals surface area contributed by atoms with Crippen LogP contribution in [0.1, 0.15) is 5.69 Å². The number of carbonyl (C=O) groups is 1. The summed E-state index contributed by atoms with van der Waals surface area (Å²) in [6, 6.07) is 7.29. The summed E-state index contributed by atoms with van der Waals surface area (Å²) >= 11 is 8.07. The Morgan fingerprint density at radius 1 is 1.32 bits per heavy atom. The van der Waals surface area contributed by atoms with Crippen LogP contribution in [0.4, 0.5) is 0 Å². The Kier molecular flexibility index (Phi) is 5.41. The summed E-state index contributed by atoms with van der Waals surface area (Å²) in [6.45, 7) is 1.84. The molecule has 1 aromatic heterocycles. The molecular weight excluding hydrogens is 421 g/mol. The van der Waals surface area contributed by atoms with E-state index in [1.54, 1.807) is 12.1 Å². The van der Waals surface area contributed by atoms with E-state index in [1.165, 1.54) is 18.9 Å². The summed E-state index contributed by atoms with van der Waals surface area (Å²) in [6.07, 6.45) is 0. The third-order valence-electron chi connectivity index (χ3n) is 2.91. The molecule has 0 atom stereocenters. The van der Waals surface area contributed by atoms with Gasteiger partial charge >= 0.3 is 5.97 Å². The number of carbonyl (C=O) groups excluding carboxylic acids is 1. The van der Waals surface area contributed by atoms with Crippen molar-refractivity contribution in [1.29, 1.82) is 0 Å². The Morgan fingerprint density at radius 3 is 2.50 bits per heavy atom. The molecule has 0 saturated heterocycles. The first-order valence-corrected chi connectivity index (χ1v) is 7.66. The van der Waals surface area contributed by atoms with Crippen LogP contribution in [0, 0.1) is 10.5 Å². The minimum absolute atomic E-state index is 0.0411. The van der Waals surface area contributed by atoms with E-state index in [0.29, 0.717) is 5.02 Å². The molecule has 6 nitrogen and oxygen atoms in total. The maximum Gasteiger partial charge on any atom is 0.379 e. The van der Waals surface area contributed by atoms with Gasteiger partial charge in [0.05, 0.1) is 16.4 Å². The van der Waals surface area contributed by atoms with Crippen molar-refractivity contribution in [3.8, 4) is 11.3 Å². The molecule has 0 radical (unpaired) electrons. The van der Waals surface area contributed by atoms with Crippen LogP contribution in [0.2, 0.25) is 5.02 Å². The molecule has 22 heavy (non-hydrogen) atoms. The molecule has 0 aliphatic carbocycles. The predicted molar refractivity (Wildman–Crippen MR) is 92.0 cm³/mol. The van der Waals surface area contributed by atoms with Gasteiger partial charge in [-0.2, -0.15) is 5.10 Å². The Labute approximate surface area is 146 Å². The van der Waals surface area contributed by atoms with E-state index in [-0.39, 0.29) is 5.84 Å². The van der Waals surface area contributed by atoms with Crippen LogP contribution < -0.4 is 0 Å². The third-order valence-corrected chi connectivity index (χ3v) is 4.45. The Bertz CT molecular complexity index is 726. The second-order valence-corrected chi connectivity index (χ2v) is 5.77. The highest BCUT2D eigenvalue weighted by Crippen LogP contribution is 2.27. The number of halogens is 2. The quantitative estimate of drug-likeness (QED) is 0.240. The predicted octanol–water partition coefficient (Wildman–Crippen LogP) is 3.10. The molecule has 0 bridgehead atoms. The number of oxime groups is 1. The summed E-state index contributed by atoms with van der Waals surface area (Å²) < 4.78 is 7.01. The molecule has 0 aliphatic rings. The second-order valence-electron chi connectivity index (χ2n) is 4.26. The van der Waals surface area contributed by atoms with Gasteiger partial charge in [0, 0.05) is 10.6 Å². The van der Waals surface area contributed by atoms with E-state index >= 15 is 0 Å². The van der Waals surface area contributed by atoms with Crippen molar-refractivity contribution in [3.63, 3.8) is 0 Å². The largest absolute Gasteiger partial charge is 0.463 e. The number of esters is 1. The highest BCUT2D eigenvalue weighted by atomic mass is 127. The Balaban J connectivity index is 2.56. The zero-order chi connectivity index (χ0) is 16.3. The number of ether oxygens (including phenoxy) is 1. The van der Waals surface area contributed by atoms with Gasteiger partial charge in [-0.25, -0.2) is 9.48 Å². The molecule has 0 amide bonds.